The minimum Gasteiger partial charge on any atom is -0.465 e. The van der Waals surface area contributed by atoms with Gasteiger partial charge in [0, 0.05) is 24.3 Å². The summed E-state index contributed by atoms with van der Waals surface area (Å²) >= 11 is 5.57. The molecule has 3 nitrogen and oxygen atoms in total. The van der Waals surface area contributed by atoms with Gasteiger partial charge in [-0.15, -0.1) is 11.6 Å². The summed E-state index contributed by atoms with van der Waals surface area (Å²) in [6.07, 6.45) is 7.59. The Morgan fingerprint density at radius 2 is 2.06 bits per heavy atom. The molecule has 0 bridgehead atoms. The van der Waals surface area contributed by atoms with Gasteiger partial charge in [0.25, 0.3) is 0 Å². The van der Waals surface area contributed by atoms with Crippen LogP contribution < -0.4 is 0 Å². The van der Waals surface area contributed by atoms with Crippen molar-refractivity contribution in [2.45, 2.75) is 51.0 Å². The second kappa shape index (κ2) is 7.34. The summed E-state index contributed by atoms with van der Waals surface area (Å²) in [5.74, 6) is 1.01. The van der Waals surface area contributed by atoms with E-state index in [1.54, 1.807) is 0 Å². The van der Waals surface area contributed by atoms with Gasteiger partial charge in [-0.05, 0) is 45.2 Å². The predicted octanol–water partition coefficient (Wildman–Crippen LogP) is 2.81. The van der Waals surface area contributed by atoms with Crippen molar-refractivity contribution in [2.24, 2.45) is 5.92 Å². The van der Waals surface area contributed by atoms with Crippen LogP contribution >= 0.6 is 11.6 Å². The van der Waals surface area contributed by atoms with Crippen LogP contribution in [0.15, 0.2) is 0 Å². The topological polar surface area (TPSA) is 29.5 Å². The van der Waals surface area contributed by atoms with Crippen molar-refractivity contribution in [1.82, 2.24) is 4.90 Å². The van der Waals surface area contributed by atoms with Crippen molar-refractivity contribution < 1.29 is 9.53 Å². The molecule has 2 aliphatic heterocycles. The summed E-state index contributed by atoms with van der Waals surface area (Å²) in [4.78, 5) is 14.1. The highest BCUT2D eigenvalue weighted by atomic mass is 35.5. The van der Waals surface area contributed by atoms with Gasteiger partial charge in [-0.25, -0.2) is 0 Å². The zero-order valence-corrected chi connectivity index (χ0v) is 11.8. The normalized spacial score (nSPS) is 28.7. The quantitative estimate of drug-likeness (QED) is 0.570. The van der Waals surface area contributed by atoms with Gasteiger partial charge in [0.1, 0.15) is 0 Å². The van der Waals surface area contributed by atoms with Crippen molar-refractivity contribution >= 4 is 17.6 Å². The van der Waals surface area contributed by atoms with Crippen LogP contribution in [-0.2, 0) is 9.53 Å². The number of esters is 1. The van der Waals surface area contributed by atoms with Crippen LogP contribution in [0.3, 0.4) is 0 Å². The van der Waals surface area contributed by atoms with Crippen LogP contribution in [0.2, 0.25) is 0 Å². The maximum Gasteiger partial charge on any atom is 0.305 e. The highest BCUT2D eigenvalue weighted by Crippen LogP contribution is 2.30. The number of rotatable bonds is 5. The molecule has 0 unspecified atom stereocenters. The first-order chi connectivity index (χ1) is 8.81. The monoisotopic (exact) mass is 273 g/mol. The van der Waals surface area contributed by atoms with Gasteiger partial charge in [0.05, 0.1) is 6.61 Å². The minimum atomic E-state index is -0.0800. The summed E-state index contributed by atoms with van der Waals surface area (Å²) in [6, 6.07) is 0.660. The number of ether oxygens (including phenoxy) is 1. The van der Waals surface area contributed by atoms with E-state index < -0.39 is 0 Å². The molecule has 2 fully saturated rings. The number of alkyl halides is 1. The van der Waals surface area contributed by atoms with E-state index in [4.69, 9.17) is 16.3 Å². The van der Waals surface area contributed by atoms with Gasteiger partial charge in [-0.1, -0.05) is 6.42 Å². The van der Waals surface area contributed by atoms with Crippen LogP contribution in [0, 0.1) is 5.92 Å². The van der Waals surface area contributed by atoms with Gasteiger partial charge in [0.2, 0.25) is 0 Å². The highest BCUT2D eigenvalue weighted by Gasteiger charge is 2.33. The number of hydrogen-bond donors (Lipinski definition) is 0. The SMILES string of the molecule is O=C(CCCCl)OC[C@H]1CCCN2CCCC[C@@H]12. The molecule has 2 saturated heterocycles. The number of hydrogen-bond acceptors (Lipinski definition) is 3. The third-order valence-corrected chi connectivity index (χ3v) is 4.47. The Labute approximate surface area is 115 Å². The molecule has 2 aliphatic rings. The lowest BCUT2D eigenvalue weighted by molar-refractivity contribution is -0.146. The van der Waals surface area contributed by atoms with Crippen molar-refractivity contribution in [1.29, 1.82) is 0 Å². The Hall–Kier alpha value is -0.280. The molecule has 0 saturated carbocycles. The van der Waals surface area contributed by atoms with E-state index in [2.05, 4.69) is 4.90 Å². The van der Waals surface area contributed by atoms with E-state index >= 15 is 0 Å². The van der Waals surface area contributed by atoms with Crippen LogP contribution in [0.4, 0.5) is 0 Å². The third kappa shape index (κ3) is 3.86. The minimum absolute atomic E-state index is 0.0800. The Morgan fingerprint density at radius 3 is 2.89 bits per heavy atom. The molecule has 0 aromatic rings. The molecule has 0 aromatic carbocycles. The number of carbonyl (C=O) groups is 1. The van der Waals surface area contributed by atoms with Gasteiger partial charge in [-0.2, -0.15) is 0 Å². The van der Waals surface area contributed by atoms with Gasteiger partial charge < -0.3 is 4.74 Å². The van der Waals surface area contributed by atoms with E-state index in [0.29, 0.717) is 30.9 Å². The van der Waals surface area contributed by atoms with E-state index in [9.17, 15) is 4.79 Å². The lowest BCUT2D eigenvalue weighted by atomic mass is 9.84. The molecule has 0 radical (unpaired) electrons. The number of carbonyl (C=O) groups excluding carboxylic acids is 1. The van der Waals surface area contributed by atoms with E-state index in [1.165, 1.54) is 45.2 Å². The van der Waals surface area contributed by atoms with Crippen LogP contribution in [0.25, 0.3) is 0 Å². The fraction of sp³-hybridized carbons (Fsp3) is 0.929. The lowest BCUT2D eigenvalue weighted by Crippen LogP contribution is -2.49. The zero-order valence-electron chi connectivity index (χ0n) is 11.1. The first-order valence-electron chi connectivity index (χ1n) is 7.27. The van der Waals surface area contributed by atoms with E-state index in [0.717, 1.165) is 6.42 Å². The maximum atomic E-state index is 11.5. The Bertz CT molecular complexity index is 271. The zero-order chi connectivity index (χ0) is 12.8. The predicted molar refractivity (Wildman–Crippen MR) is 72.8 cm³/mol. The van der Waals surface area contributed by atoms with Crippen LogP contribution in [-0.4, -0.2) is 42.5 Å². The molecule has 0 aromatic heterocycles. The third-order valence-electron chi connectivity index (χ3n) is 4.20. The van der Waals surface area contributed by atoms with E-state index in [1.807, 2.05) is 0 Å². The largest absolute Gasteiger partial charge is 0.465 e. The average molecular weight is 274 g/mol. The summed E-state index contributed by atoms with van der Waals surface area (Å²) in [7, 11) is 0. The number of piperidine rings is 2. The Kier molecular flexibility index (Phi) is 5.77. The van der Waals surface area contributed by atoms with Gasteiger partial charge in [0.15, 0.2) is 0 Å². The van der Waals surface area contributed by atoms with Crippen molar-refractivity contribution in [3.05, 3.63) is 0 Å². The summed E-state index contributed by atoms with van der Waals surface area (Å²) < 4.78 is 5.41. The van der Waals surface area contributed by atoms with Crippen molar-refractivity contribution in [3.63, 3.8) is 0 Å². The molecule has 0 spiro atoms. The van der Waals surface area contributed by atoms with Crippen molar-refractivity contribution in [3.8, 4) is 0 Å². The summed E-state index contributed by atoms with van der Waals surface area (Å²) in [6.45, 7) is 3.09. The van der Waals surface area contributed by atoms with Crippen LogP contribution in [0.5, 0.6) is 0 Å². The summed E-state index contributed by atoms with van der Waals surface area (Å²) in [5, 5.41) is 0. The molecule has 0 aliphatic carbocycles. The molecule has 104 valence electrons. The van der Waals surface area contributed by atoms with E-state index in [-0.39, 0.29) is 5.97 Å². The number of fused-ring (bicyclic) bond motifs is 1. The molecular weight excluding hydrogens is 250 g/mol. The molecular formula is C14H24ClNO2. The molecule has 0 amide bonds. The number of nitrogens with zero attached hydrogens (tertiary/aromatic N) is 1. The highest BCUT2D eigenvalue weighted by molar-refractivity contribution is 6.17. The molecule has 2 heterocycles. The standard InChI is InChI=1S/C14H24ClNO2/c15-8-3-7-14(17)18-11-12-5-4-10-16-9-2-1-6-13(12)16/h12-13H,1-11H2/t12-,13+/m1/s1. The lowest BCUT2D eigenvalue weighted by Gasteiger charge is -2.44. The average Bonchev–Trinajstić information content (AvgIpc) is 2.42. The fourth-order valence-electron chi connectivity index (χ4n) is 3.25. The van der Waals surface area contributed by atoms with Crippen LogP contribution in [0.1, 0.15) is 44.9 Å². The second-order valence-corrected chi connectivity index (χ2v) is 5.85. The first-order valence-corrected chi connectivity index (χ1v) is 7.80. The number of halogens is 1. The first kappa shape index (κ1) is 14.1. The molecule has 0 N–H and O–H groups in total. The summed E-state index contributed by atoms with van der Waals surface area (Å²) in [5.41, 5.74) is 0. The van der Waals surface area contributed by atoms with Gasteiger partial charge >= 0.3 is 5.97 Å². The smallest absolute Gasteiger partial charge is 0.305 e. The Morgan fingerprint density at radius 1 is 1.22 bits per heavy atom. The molecule has 2 rings (SSSR count). The molecule has 4 heteroatoms. The van der Waals surface area contributed by atoms with Gasteiger partial charge in [-0.3, -0.25) is 9.69 Å². The van der Waals surface area contributed by atoms with Crippen molar-refractivity contribution in [2.75, 3.05) is 25.6 Å². The molecule has 2 atom stereocenters. The fourth-order valence-corrected chi connectivity index (χ4v) is 3.39. The maximum absolute atomic E-state index is 11.5. The molecule has 18 heavy (non-hydrogen) atoms. The second-order valence-electron chi connectivity index (χ2n) is 5.48. The Balaban J connectivity index is 1.75.